The van der Waals surface area contributed by atoms with E-state index in [1.807, 2.05) is 54.6 Å². The van der Waals surface area contributed by atoms with Crippen molar-refractivity contribution in [2.75, 3.05) is 23.4 Å². The normalized spacial score (nSPS) is 15.7. The van der Waals surface area contributed by atoms with Gasteiger partial charge in [-0.1, -0.05) is 54.7 Å². The van der Waals surface area contributed by atoms with E-state index in [4.69, 9.17) is 4.74 Å². The molecule has 1 aromatic heterocycles. The lowest BCUT2D eigenvalue weighted by Crippen LogP contribution is -2.28. The number of amides is 2. The molecule has 32 heavy (non-hydrogen) atoms. The predicted molar refractivity (Wildman–Crippen MR) is 125 cm³/mol. The highest BCUT2D eigenvalue weighted by Gasteiger charge is 2.36. The number of hydrogen-bond donors (Lipinski definition) is 1. The van der Waals surface area contributed by atoms with E-state index in [1.165, 1.54) is 11.3 Å². The molecule has 2 heterocycles. The highest BCUT2D eigenvalue weighted by Crippen LogP contribution is 2.29. The maximum Gasteiger partial charge on any atom is 0.231 e. The van der Waals surface area contributed by atoms with Crippen molar-refractivity contribution < 1.29 is 14.3 Å². The Morgan fingerprint density at radius 2 is 1.94 bits per heavy atom. The molecule has 1 saturated heterocycles. The number of nitrogens with zero attached hydrogens (tertiary/aromatic N) is 3. The van der Waals surface area contributed by atoms with Crippen molar-refractivity contribution in [2.45, 2.75) is 32.6 Å². The van der Waals surface area contributed by atoms with Crippen LogP contribution in [0.15, 0.2) is 54.6 Å². The summed E-state index contributed by atoms with van der Waals surface area (Å²) in [5.74, 6) is 0.228. The number of benzene rings is 2. The average molecular weight is 451 g/mol. The summed E-state index contributed by atoms with van der Waals surface area (Å²) in [4.78, 5) is 27.0. The number of carbonyl (C=O) groups excluding carboxylic acids is 2. The Balaban J connectivity index is 1.27. The van der Waals surface area contributed by atoms with Gasteiger partial charge in [0.25, 0.3) is 0 Å². The molecule has 1 aliphatic rings. The number of para-hydroxylation sites is 2. The van der Waals surface area contributed by atoms with Gasteiger partial charge in [0.1, 0.15) is 10.8 Å². The quantitative estimate of drug-likeness (QED) is 0.496. The summed E-state index contributed by atoms with van der Waals surface area (Å²) in [6.45, 7) is 3.03. The van der Waals surface area contributed by atoms with Gasteiger partial charge < -0.3 is 15.0 Å². The van der Waals surface area contributed by atoms with Gasteiger partial charge in [-0.3, -0.25) is 9.59 Å². The third-order valence-electron chi connectivity index (χ3n) is 5.40. The summed E-state index contributed by atoms with van der Waals surface area (Å²) in [6, 6.07) is 17.5. The van der Waals surface area contributed by atoms with Crippen LogP contribution in [0.3, 0.4) is 0 Å². The largest absolute Gasteiger partial charge is 0.494 e. The van der Waals surface area contributed by atoms with Crippen LogP contribution in [0.2, 0.25) is 0 Å². The molecule has 0 saturated carbocycles. The maximum atomic E-state index is 12.7. The Bertz CT molecular complexity index is 1070. The molecule has 1 fully saturated rings. The number of aromatic nitrogens is 2. The van der Waals surface area contributed by atoms with Crippen molar-refractivity contribution in [3.8, 4) is 5.75 Å². The molecule has 1 N–H and O–H groups in total. The van der Waals surface area contributed by atoms with Crippen molar-refractivity contribution in [3.63, 3.8) is 0 Å². The van der Waals surface area contributed by atoms with E-state index in [1.54, 1.807) is 4.90 Å². The number of rotatable bonds is 9. The summed E-state index contributed by atoms with van der Waals surface area (Å²) >= 11 is 1.36. The average Bonchev–Trinajstić information content (AvgIpc) is 3.43. The third kappa shape index (κ3) is 5.31. The second-order valence-electron chi connectivity index (χ2n) is 7.64. The fourth-order valence-corrected chi connectivity index (χ4v) is 4.52. The zero-order valence-electron chi connectivity index (χ0n) is 18.0. The molecule has 166 valence electrons. The third-order valence-corrected chi connectivity index (χ3v) is 6.30. The first-order valence-corrected chi connectivity index (χ1v) is 11.6. The van der Waals surface area contributed by atoms with E-state index in [0.717, 1.165) is 41.3 Å². The molecular formula is C24H26N4O3S. The summed E-state index contributed by atoms with van der Waals surface area (Å²) in [6.07, 6.45) is 2.57. The van der Waals surface area contributed by atoms with E-state index in [0.29, 0.717) is 18.3 Å². The Kier molecular flexibility index (Phi) is 7.11. The highest BCUT2D eigenvalue weighted by atomic mass is 32.1. The second kappa shape index (κ2) is 10.4. The Morgan fingerprint density at radius 1 is 1.16 bits per heavy atom. The van der Waals surface area contributed by atoms with Gasteiger partial charge in [-0.25, -0.2) is 0 Å². The number of aryl methyl sites for hydroxylation is 2. The summed E-state index contributed by atoms with van der Waals surface area (Å²) in [7, 11) is 0. The van der Waals surface area contributed by atoms with Gasteiger partial charge in [0, 0.05) is 25.1 Å². The lowest BCUT2D eigenvalue weighted by atomic mass is 10.1. The fraction of sp³-hybridized carbons (Fsp3) is 0.333. The first-order valence-electron chi connectivity index (χ1n) is 10.8. The lowest BCUT2D eigenvalue weighted by Gasteiger charge is -2.19. The second-order valence-corrected chi connectivity index (χ2v) is 8.71. The van der Waals surface area contributed by atoms with Crippen LogP contribution >= 0.6 is 11.3 Å². The molecule has 1 atom stereocenters. The van der Waals surface area contributed by atoms with E-state index >= 15 is 0 Å². The predicted octanol–water partition coefficient (Wildman–Crippen LogP) is 4.10. The summed E-state index contributed by atoms with van der Waals surface area (Å²) in [5.41, 5.74) is 2.00. The Morgan fingerprint density at radius 3 is 2.75 bits per heavy atom. The van der Waals surface area contributed by atoms with Crippen LogP contribution in [-0.4, -0.2) is 35.2 Å². The minimum atomic E-state index is -0.404. The highest BCUT2D eigenvalue weighted by molar-refractivity contribution is 7.15. The van der Waals surface area contributed by atoms with Crippen LogP contribution in [0.25, 0.3) is 0 Å². The van der Waals surface area contributed by atoms with Crippen molar-refractivity contribution in [2.24, 2.45) is 5.92 Å². The SMILES string of the molecule is CCc1ccccc1N1CC(C(=O)Nc2nnc(CCCOc3ccccc3)s2)CC1=O. The van der Waals surface area contributed by atoms with Gasteiger partial charge in [0.05, 0.1) is 12.5 Å². The van der Waals surface area contributed by atoms with E-state index in [9.17, 15) is 9.59 Å². The lowest BCUT2D eigenvalue weighted by molar-refractivity contribution is -0.122. The first-order chi connectivity index (χ1) is 15.6. The minimum absolute atomic E-state index is 0.0255. The molecule has 3 aromatic rings. The van der Waals surface area contributed by atoms with Crippen molar-refractivity contribution in [1.29, 1.82) is 0 Å². The van der Waals surface area contributed by atoms with Crippen molar-refractivity contribution in [1.82, 2.24) is 10.2 Å². The summed E-state index contributed by atoms with van der Waals surface area (Å²) < 4.78 is 5.69. The van der Waals surface area contributed by atoms with Gasteiger partial charge in [0.2, 0.25) is 16.9 Å². The molecule has 0 bridgehead atoms. The van der Waals surface area contributed by atoms with E-state index < -0.39 is 5.92 Å². The standard InChI is InChI=1S/C24H26N4O3S/c1-2-17-9-6-7-12-20(17)28-16-18(15-22(28)29)23(30)25-24-27-26-21(32-24)13-8-14-31-19-10-4-3-5-11-19/h3-7,9-12,18H,2,8,13-16H2,1H3,(H,25,27,30). The maximum absolute atomic E-state index is 12.7. The molecule has 2 amide bonds. The summed E-state index contributed by atoms with van der Waals surface area (Å²) in [5, 5.41) is 12.4. The number of anilines is 2. The molecular weight excluding hydrogens is 424 g/mol. The van der Waals surface area contributed by atoms with Crippen LogP contribution in [-0.2, 0) is 22.4 Å². The van der Waals surface area contributed by atoms with Crippen LogP contribution in [0.1, 0.15) is 30.3 Å². The smallest absolute Gasteiger partial charge is 0.231 e. The van der Waals surface area contributed by atoms with Crippen LogP contribution in [0.4, 0.5) is 10.8 Å². The molecule has 4 rings (SSSR count). The molecule has 0 aliphatic carbocycles. The number of hydrogen-bond acceptors (Lipinski definition) is 6. The topological polar surface area (TPSA) is 84.4 Å². The molecule has 0 spiro atoms. The van der Waals surface area contributed by atoms with Gasteiger partial charge in [-0.05, 0) is 36.6 Å². The van der Waals surface area contributed by atoms with Gasteiger partial charge in [-0.2, -0.15) is 0 Å². The molecule has 7 nitrogen and oxygen atoms in total. The first kappa shape index (κ1) is 22.0. The molecule has 8 heteroatoms. The van der Waals surface area contributed by atoms with Crippen LogP contribution in [0.5, 0.6) is 5.75 Å². The molecule has 1 aliphatic heterocycles. The van der Waals surface area contributed by atoms with Gasteiger partial charge in [0.15, 0.2) is 0 Å². The van der Waals surface area contributed by atoms with Gasteiger partial charge in [-0.15, -0.1) is 10.2 Å². The fourth-order valence-electron chi connectivity index (χ4n) is 3.73. The van der Waals surface area contributed by atoms with Gasteiger partial charge >= 0.3 is 0 Å². The minimum Gasteiger partial charge on any atom is -0.494 e. The van der Waals surface area contributed by atoms with E-state index in [2.05, 4.69) is 22.4 Å². The zero-order chi connectivity index (χ0) is 22.3. The Hall–Kier alpha value is -3.26. The zero-order valence-corrected chi connectivity index (χ0v) is 18.8. The number of carbonyl (C=O) groups is 2. The van der Waals surface area contributed by atoms with Crippen LogP contribution < -0.4 is 15.0 Å². The van der Waals surface area contributed by atoms with Crippen molar-refractivity contribution >= 4 is 34.0 Å². The number of ether oxygens (including phenoxy) is 1. The monoisotopic (exact) mass is 450 g/mol. The van der Waals surface area contributed by atoms with Crippen LogP contribution in [0, 0.1) is 5.92 Å². The van der Waals surface area contributed by atoms with Crippen molar-refractivity contribution in [3.05, 3.63) is 65.2 Å². The van der Waals surface area contributed by atoms with E-state index in [-0.39, 0.29) is 18.2 Å². The molecule has 1 unspecified atom stereocenters. The number of nitrogens with one attached hydrogen (secondary N) is 1. The molecule has 2 aromatic carbocycles. The molecule has 0 radical (unpaired) electrons. The Labute approximate surface area is 191 Å².